The molecule has 138 valence electrons. The van der Waals surface area contributed by atoms with E-state index in [4.69, 9.17) is 4.74 Å². The lowest BCUT2D eigenvalue weighted by Crippen LogP contribution is -2.59. The molecular weight excluding hydrogens is 322 g/mol. The summed E-state index contributed by atoms with van der Waals surface area (Å²) in [5.74, 6) is 0.138. The minimum atomic E-state index is -0.917. The van der Waals surface area contributed by atoms with Crippen molar-refractivity contribution < 1.29 is 19.4 Å². The van der Waals surface area contributed by atoms with Crippen LogP contribution in [0.25, 0.3) is 0 Å². The molecule has 1 fully saturated rings. The van der Waals surface area contributed by atoms with Gasteiger partial charge in [-0.3, -0.25) is 0 Å². The molecule has 7 heteroatoms. The number of carbonyl (C=O) groups is 2. The largest absolute Gasteiger partial charge is 0.465 e. The first-order chi connectivity index (χ1) is 11.6. The number of hydrogen-bond donors (Lipinski definition) is 1. The molecule has 1 saturated heterocycles. The predicted octanol–water partition coefficient (Wildman–Crippen LogP) is 2.86. The minimum Gasteiger partial charge on any atom is -0.465 e. The van der Waals surface area contributed by atoms with Crippen LogP contribution in [-0.4, -0.2) is 58.8 Å². The van der Waals surface area contributed by atoms with Crippen molar-refractivity contribution in [3.8, 4) is 0 Å². The highest BCUT2D eigenvalue weighted by atomic mass is 16.5. The van der Waals surface area contributed by atoms with E-state index in [1.807, 2.05) is 25.7 Å². The number of rotatable bonds is 3. The number of anilines is 1. The summed E-state index contributed by atoms with van der Waals surface area (Å²) < 4.78 is 5.31. The number of esters is 1. The molecule has 1 aliphatic rings. The second-order valence-electron chi connectivity index (χ2n) is 7.63. The molecule has 1 N–H and O–H groups in total. The van der Waals surface area contributed by atoms with E-state index < -0.39 is 12.1 Å². The molecule has 2 rings (SSSR count). The Morgan fingerprint density at radius 3 is 2.56 bits per heavy atom. The molecule has 0 bridgehead atoms. The summed E-state index contributed by atoms with van der Waals surface area (Å²) in [4.78, 5) is 31.8. The number of aromatic nitrogens is 1. The van der Waals surface area contributed by atoms with Gasteiger partial charge >= 0.3 is 12.1 Å². The van der Waals surface area contributed by atoms with Gasteiger partial charge in [0.25, 0.3) is 0 Å². The van der Waals surface area contributed by atoms with Gasteiger partial charge in [0, 0.05) is 25.8 Å². The lowest BCUT2D eigenvalue weighted by atomic mass is 9.84. The number of ether oxygens (including phenoxy) is 1. The lowest BCUT2D eigenvalue weighted by Gasteiger charge is -2.46. The highest BCUT2D eigenvalue weighted by Crippen LogP contribution is 2.30. The van der Waals surface area contributed by atoms with Crippen molar-refractivity contribution in [3.05, 3.63) is 23.9 Å². The van der Waals surface area contributed by atoms with E-state index in [9.17, 15) is 14.7 Å². The summed E-state index contributed by atoms with van der Waals surface area (Å²) in [6.07, 6.45) is 0.503. The third kappa shape index (κ3) is 4.41. The molecule has 0 spiro atoms. The third-order valence-electron chi connectivity index (χ3n) is 4.27. The van der Waals surface area contributed by atoms with Crippen molar-refractivity contribution in [2.24, 2.45) is 5.41 Å². The summed E-state index contributed by atoms with van der Waals surface area (Å²) in [5, 5.41) is 9.49. The Kier molecular flexibility index (Phi) is 5.55. The van der Waals surface area contributed by atoms with E-state index in [-0.39, 0.29) is 17.6 Å². The number of pyridine rings is 1. The molecule has 0 saturated carbocycles. The van der Waals surface area contributed by atoms with Crippen LogP contribution in [0.4, 0.5) is 10.6 Å². The Hall–Kier alpha value is -2.31. The van der Waals surface area contributed by atoms with E-state index in [1.54, 1.807) is 32.2 Å². The van der Waals surface area contributed by atoms with Gasteiger partial charge in [0.2, 0.25) is 0 Å². The van der Waals surface area contributed by atoms with Crippen molar-refractivity contribution in [2.75, 3.05) is 24.5 Å². The van der Waals surface area contributed by atoms with Gasteiger partial charge in [-0.25, -0.2) is 14.6 Å². The molecule has 1 amide bonds. The molecule has 0 aromatic carbocycles. The summed E-state index contributed by atoms with van der Waals surface area (Å²) in [6, 6.07) is 3.20. The first-order valence-corrected chi connectivity index (χ1v) is 8.51. The maximum Gasteiger partial charge on any atom is 0.407 e. The molecule has 0 aliphatic carbocycles. The first kappa shape index (κ1) is 19.0. The number of hydrogen-bond acceptors (Lipinski definition) is 5. The van der Waals surface area contributed by atoms with Crippen molar-refractivity contribution in [2.45, 2.75) is 46.8 Å². The molecule has 1 unspecified atom stereocenters. The number of carbonyl (C=O) groups excluding carboxylic acids is 1. The fourth-order valence-electron chi connectivity index (χ4n) is 3.03. The second-order valence-corrected chi connectivity index (χ2v) is 7.63. The van der Waals surface area contributed by atoms with Crippen LogP contribution in [0.15, 0.2) is 18.3 Å². The normalized spacial score (nSPS) is 18.4. The van der Waals surface area contributed by atoms with Crippen LogP contribution in [0.1, 0.15) is 45.0 Å². The van der Waals surface area contributed by atoms with Crippen LogP contribution in [0.2, 0.25) is 0 Å². The Morgan fingerprint density at radius 1 is 1.32 bits per heavy atom. The quantitative estimate of drug-likeness (QED) is 0.845. The molecule has 2 heterocycles. The Balaban J connectivity index is 2.31. The van der Waals surface area contributed by atoms with Crippen LogP contribution < -0.4 is 4.90 Å². The first-order valence-electron chi connectivity index (χ1n) is 8.51. The van der Waals surface area contributed by atoms with E-state index in [2.05, 4.69) is 4.98 Å². The zero-order chi connectivity index (χ0) is 18.8. The highest BCUT2D eigenvalue weighted by molar-refractivity contribution is 5.95. The van der Waals surface area contributed by atoms with Crippen molar-refractivity contribution in [3.63, 3.8) is 0 Å². The van der Waals surface area contributed by atoms with E-state index in [0.29, 0.717) is 31.0 Å². The topological polar surface area (TPSA) is 83.0 Å². The zero-order valence-electron chi connectivity index (χ0n) is 15.5. The molecular formula is C18H27N3O4. The Labute approximate surface area is 148 Å². The van der Waals surface area contributed by atoms with Gasteiger partial charge in [0.05, 0.1) is 12.1 Å². The fourth-order valence-corrected chi connectivity index (χ4v) is 3.03. The standard InChI is InChI=1S/C18H27N3O4/c1-12(2)25-16(22)13-7-6-8-19-15(13)20-9-10-21(17(23)24)14(11-20)18(3,4)5/h6-8,12,14H,9-11H2,1-5H3,(H,23,24). The SMILES string of the molecule is CC(C)OC(=O)c1cccnc1N1CCN(C(=O)O)C(C(C)(C)C)C1. The molecule has 25 heavy (non-hydrogen) atoms. The van der Waals surface area contributed by atoms with Crippen LogP contribution >= 0.6 is 0 Å². The Morgan fingerprint density at radius 2 is 2.00 bits per heavy atom. The molecule has 1 aromatic heterocycles. The number of nitrogens with zero attached hydrogens (tertiary/aromatic N) is 3. The smallest absolute Gasteiger partial charge is 0.407 e. The van der Waals surface area contributed by atoms with Crippen molar-refractivity contribution >= 4 is 17.9 Å². The monoisotopic (exact) mass is 349 g/mol. The Bertz CT molecular complexity index is 639. The summed E-state index contributed by atoms with van der Waals surface area (Å²) in [7, 11) is 0. The lowest BCUT2D eigenvalue weighted by molar-refractivity contribution is 0.0376. The molecule has 1 atom stereocenters. The van der Waals surface area contributed by atoms with Gasteiger partial charge in [0.1, 0.15) is 11.4 Å². The average Bonchev–Trinajstić information content (AvgIpc) is 2.52. The molecule has 1 aromatic rings. The van der Waals surface area contributed by atoms with Gasteiger partial charge < -0.3 is 19.6 Å². The highest BCUT2D eigenvalue weighted by Gasteiger charge is 2.39. The number of carboxylic acid groups (broad SMARTS) is 1. The molecule has 0 radical (unpaired) electrons. The summed E-state index contributed by atoms with van der Waals surface area (Å²) in [5.41, 5.74) is 0.178. The maximum absolute atomic E-state index is 12.4. The van der Waals surface area contributed by atoms with Gasteiger partial charge in [-0.2, -0.15) is 0 Å². The van der Waals surface area contributed by atoms with E-state index in [0.717, 1.165) is 0 Å². The summed E-state index contributed by atoms with van der Waals surface area (Å²) in [6.45, 7) is 11.0. The van der Waals surface area contributed by atoms with E-state index in [1.165, 1.54) is 4.90 Å². The minimum absolute atomic E-state index is 0.199. The summed E-state index contributed by atoms with van der Waals surface area (Å²) >= 11 is 0. The van der Waals surface area contributed by atoms with Crippen molar-refractivity contribution in [1.82, 2.24) is 9.88 Å². The van der Waals surface area contributed by atoms with Crippen LogP contribution in [-0.2, 0) is 4.74 Å². The van der Waals surface area contributed by atoms with Crippen LogP contribution in [0, 0.1) is 5.41 Å². The fraction of sp³-hybridized carbons (Fsp3) is 0.611. The third-order valence-corrected chi connectivity index (χ3v) is 4.27. The average molecular weight is 349 g/mol. The zero-order valence-corrected chi connectivity index (χ0v) is 15.5. The van der Waals surface area contributed by atoms with Gasteiger partial charge in [0.15, 0.2) is 0 Å². The molecule has 7 nitrogen and oxygen atoms in total. The molecule has 1 aliphatic heterocycles. The van der Waals surface area contributed by atoms with Crippen molar-refractivity contribution in [1.29, 1.82) is 0 Å². The number of amides is 1. The van der Waals surface area contributed by atoms with Crippen LogP contribution in [0.5, 0.6) is 0 Å². The van der Waals surface area contributed by atoms with Gasteiger partial charge in [-0.15, -0.1) is 0 Å². The van der Waals surface area contributed by atoms with Gasteiger partial charge in [-0.05, 0) is 31.4 Å². The van der Waals surface area contributed by atoms with Crippen LogP contribution in [0.3, 0.4) is 0 Å². The number of piperazine rings is 1. The van der Waals surface area contributed by atoms with E-state index >= 15 is 0 Å². The van der Waals surface area contributed by atoms with Gasteiger partial charge in [-0.1, -0.05) is 20.8 Å². The second kappa shape index (κ2) is 7.29. The predicted molar refractivity (Wildman–Crippen MR) is 95.0 cm³/mol. The maximum atomic E-state index is 12.4.